The molecule has 4 aliphatic rings. The molecule has 0 radical (unpaired) electrons. The second-order valence-corrected chi connectivity index (χ2v) is 33.5. The van der Waals surface area contributed by atoms with Crippen LogP contribution in [0.15, 0.2) is 24.8 Å². The van der Waals surface area contributed by atoms with Gasteiger partial charge in [-0.1, -0.05) is 49.3 Å². The van der Waals surface area contributed by atoms with E-state index in [4.69, 9.17) is 84.8 Å². The molecule has 17 unspecified atom stereocenters. The van der Waals surface area contributed by atoms with E-state index in [2.05, 4.69) is 64.7 Å². The molecule has 3 saturated heterocycles. The molecule has 4 heterocycles. The third-order valence-corrected chi connectivity index (χ3v) is 22.1. The Balaban J connectivity index is 1.13. The van der Waals surface area contributed by atoms with Gasteiger partial charge in [-0.05, 0) is 44.9 Å². The summed E-state index contributed by atoms with van der Waals surface area (Å²) < 4.78 is 131. The lowest BCUT2D eigenvalue weighted by atomic mass is 9.88. The summed E-state index contributed by atoms with van der Waals surface area (Å²) in [5.41, 5.74) is -3.59. The Morgan fingerprint density at radius 3 is 1.24 bits per heavy atom. The number of ether oxygens (including phenoxy) is 16. The van der Waals surface area contributed by atoms with Crippen molar-refractivity contribution in [2.45, 2.75) is 227 Å². The molecule has 9 amide bonds. The van der Waals surface area contributed by atoms with Gasteiger partial charge in [0.25, 0.3) is 5.91 Å². The number of nitrogens with zero attached hydrogens (tertiary/aromatic N) is 3. The van der Waals surface area contributed by atoms with Crippen LogP contribution in [-0.2, 0) is 151 Å². The predicted molar refractivity (Wildman–Crippen MR) is 470 cm³/mol. The Bertz CT molecular complexity index is 3460. The van der Waals surface area contributed by atoms with Crippen molar-refractivity contribution in [3.63, 3.8) is 0 Å². The molecule has 1 aromatic heterocycles. The molecule has 0 spiro atoms. The third-order valence-electron chi connectivity index (χ3n) is 21.1. The number of amides is 9. The summed E-state index contributed by atoms with van der Waals surface area (Å²) in [4.78, 5) is 125. The first-order valence-electron chi connectivity index (χ1n) is 45.9. The number of alkyl halides is 1. The molecule has 0 bridgehead atoms. The van der Waals surface area contributed by atoms with E-state index in [0.717, 1.165) is 0 Å². The number of aromatic nitrogens is 3. The summed E-state index contributed by atoms with van der Waals surface area (Å²) in [5.74, 6) is -4.39. The molecule has 0 saturated carbocycles. The first-order valence-corrected chi connectivity index (χ1v) is 47.4. The van der Waals surface area contributed by atoms with Gasteiger partial charge in [-0.25, -0.2) is 13.6 Å². The lowest BCUT2D eigenvalue weighted by Crippen LogP contribution is -2.64. The number of hydrogen-bond acceptors (Lipinski definition) is 39. The second kappa shape index (κ2) is 68.9. The van der Waals surface area contributed by atoms with Crippen LogP contribution in [0.3, 0.4) is 0 Å². The van der Waals surface area contributed by atoms with E-state index in [-0.39, 0.29) is 255 Å². The van der Waals surface area contributed by atoms with Crippen molar-refractivity contribution in [2.75, 3.05) is 218 Å². The van der Waals surface area contributed by atoms with Crippen LogP contribution in [0.25, 0.3) is 0 Å². The van der Waals surface area contributed by atoms with E-state index in [1.165, 1.54) is 39.0 Å². The second-order valence-electron chi connectivity index (χ2n) is 32.1. The standard InChI is InChI=1S/C84H146FN12O38P/c1-5-6-14-29-131-136(116,117)132-50-46-121-36-27-90-82(115)84(85)22-13-9-10-16-60-78(84)95-96-97(60)28-15-23-86-64(104)17-11-7-8-12-18-68(108)94-83(54-125-30-19-65(105)87-24-33-118-37-40-122-43-47-128-79-69(91-57(2)101)75(112)72(109)61(51-98)133-79,55-126-31-20-66(106)88-25-34-119-38-41-123-44-48-129-80-70(92-58(3)102)76(113)73(110)62(52-99)134-80)56-127-32-21-67(107)89-26-35-120-39-42-124-45-49-130-81-71(93-59(4)103)77(114)74(111)63(53-100)135-81/h5-6,14,61-63,69-77,79-81,98-100,109-114H,1,7-13,15-56H2,2-4H3,(H,86,104)(H,87,105)(H,88,106)(H,89,107)(H,90,115)(H,91,101)(H,92,102)(H,93,103)(H,94,108)(H,116,117)/b14-6+. The highest BCUT2D eigenvalue weighted by Gasteiger charge is 2.50. The Morgan fingerprint density at radius 1 is 0.463 bits per heavy atom. The van der Waals surface area contributed by atoms with Crippen LogP contribution in [0.2, 0.25) is 0 Å². The van der Waals surface area contributed by atoms with E-state index >= 15 is 4.39 Å². The van der Waals surface area contributed by atoms with Crippen LogP contribution in [0.1, 0.15) is 122 Å². The molecule has 1 aromatic rings. The number of allylic oxidation sites excluding steroid dienone is 2. The van der Waals surface area contributed by atoms with Crippen LogP contribution in [0.4, 0.5) is 4.39 Å². The van der Waals surface area contributed by atoms with Crippen molar-refractivity contribution in [1.82, 2.24) is 62.8 Å². The van der Waals surface area contributed by atoms with E-state index < -0.39 is 178 Å². The molecule has 17 atom stereocenters. The van der Waals surface area contributed by atoms with E-state index in [1.54, 1.807) is 4.68 Å². The van der Waals surface area contributed by atoms with Gasteiger partial charge < -0.3 is 174 Å². The molecule has 1 aliphatic carbocycles. The number of aliphatic hydroxyl groups excluding tert-OH is 9. The fourth-order valence-electron chi connectivity index (χ4n) is 14.1. The Kier molecular flexibility index (Phi) is 60.5. The Hall–Kier alpha value is -7.11. The van der Waals surface area contributed by atoms with Crippen molar-refractivity contribution in [3.05, 3.63) is 36.2 Å². The molecule has 3 fully saturated rings. The normalized spacial score (nSPS) is 24.4. The highest BCUT2D eigenvalue weighted by Crippen LogP contribution is 2.43. The summed E-state index contributed by atoms with van der Waals surface area (Å²) in [6.07, 6.45) is -7.41. The number of fused-ring (bicyclic) bond motifs is 1. The van der Waals surface area contributed by atoms with Crippen LogP contribution >= 0.6 is 7.82 Å². The monoisotopic (exact) mass is 1980 g/mol. The van der Waals surface area contributed by atoms with Crippen LogP contribution < -0.4 is 47.9 Å². The zero-order valence-electron chi connectivity index (χ0n) is 77.8. The summed E-state index contributed by atoms with van der Waals surface area (Å²) in [6, 6.07) is -3.38. The molecule has 52 heteroatoms. The minimum Gasteiger partial charge on any atom is -0.394 e. The molecule has 0 aromatic carbocycles. The summed E-state index contributed by atoms with van der Waals surface area (Å²) in [7, 11) is -4.33. The first kappa shape index (κ1) is 119. The lowest BCUT2D eigenvalue weighted by Gasteiger charge is -2.42. The first-order chi connectivity index (χ1) is 65.4. The third kappa shape index (κ3) is 47.0. The number of rotatable bonds is 75. The highest BCUT2D eigenvalue weighted by atomic mass is 31.2. The van der Waals surface area contributed by atoms with Crippen molar-refractivity contribution < 1.29 is 188 Å². The number of unbranched alkanes of at least 4 members (excludes halogenated alkanes) is 3. The zero-order valence-corrected chi connectivity index (χ0v) is 78.7. The van der Waals surface area contributed by atoms with Crippen LogP contribution in [-0.4, -0.2) is 434 Å². The van der Waals surface area contributed by atoms with E-state index in [0.29, 0.717) is 63.5 Å². The molecule has 19 N–H and O–H groups in total. The maximum Gasteiger partial charge on any atom is 0.472 e. The largest absolute Gasteiger partial charge is 0.472 e. The number of halogens is 1. The molecular weight excluding hydrogens is 1830 g/mol. The maximum atomic E-state index is 16.9. The van der Waals surface area contributed by atoms with Crippen molar-refractivity contribution >= 4 is 61.0 Å². The van der Waals surface area contributed by atoms with E-state index in [9.17, 15) is 98.6 Å². The average Bonchev–Trinajstić information content (AvgIpc) is 1.62. The van der Waals surface area contributed by atoms with Gasteiger partial charge >= 0.3 is 7.82 Å². The topological polar surface area (TPSA) is 678 Å². The smallest absolute Gasteiger partial charge is 0.394 e. The maximum absolute atomic E-state index is 16.9. The highest BCUT2D eigenvalue weighted by molar-refractivity contribution is 7.47. The molecular formula is C84H146FN12O38P. The van der Waals surface area contributed by atoms with Crippen LogP contribution in [0.5, 0.6) is 0 Å². The SMILES string of the molecule is C=C/C=C/COP(=O)(O)OCCOCCNC(=O)C1(F)CCCCCc2c1nnn2CCCNC(=O)CCCCCCC(=O)NC(COCCC(=O)NCCOCCOCCOC1OC(CO)C(O)C(O)C1NC(C)=O)(COCCC(=O)NCCOCCOCCOC1OC(CO)C(O)C(O)C1NC(C)=O)COCCC(=O)NCCOCCOCCOC1OC(CO)C(O)C(O)C1NC(C)=O. The molecule has 136 heavy (non-hydrogen) atoms. The molecule has 782 valence electrons. The lowest BCUT2D eigenvalue weighted by molar-refractivity contribution is -0.272. The average molecular weight is 1980 g/mol. The number of hydrogen-bond donors (Lipinski definition) is 19. The van der Waals surface area contributed by atoms with Crippen molar-refractivity contribution in [3.8, 4) is 0 Å². The predicted octanol–water partition coefficient (Wildman–Crippen LogP) is -6.18. The fraction of sp³-hybridized carbons (Fsp3) is 0.821. The zero-order chi connectivity index (χ0) is 99.4. The summed E-state index contributed by atoms with van der Waals surface area (Å²) >= 11 is 0. The number of carbonyl (C=O) groups is 9. The Labute approximate surface area is 789 Å². The van der Waals surface area contributed by atoms with Gasteiger partial charge in [-0.15, -0.1) is 5.10 Å². The molecule has 50 nitrogen and oxygen atoms in total. The van der Waals surface area contributed by atoms with Gasteiger partial charge in [0.1, 0.15) is 84.3 Å². The number of carbonyl (C=O) groups excluding carboxylic acids is 9. The van der Waals surface area contributed by atoms with Crippen molar-refractivity contribution in [1.29, 1.82) is 0 Å². The summed E-state index contributed by atoms with van der Waals surface area (Å²) in [5, 5.41) is 124. The van der Waals surface area contributed by atoms with Crippen molar-refractivity contribution in [2.24, 2.45) is 0 Å². The van der Waals surface area contributed by atoms with Gasteiger partial charge in [0.2, 0.25) is 52.9 Å². The molecule has 5 rings (SSSR count). The molecule has 3 aliphatic heterocycles. The number of aliphatic hydroxyl groups is 9. The fourth-order valence-corrected chi connectivity index (χ4v) is 14.8. The number of phosphoric ester groups is 1. The number of phosphoric acid groups is 1. The van der Waals surface area contributed by atoms with Gasteiger partial charge in [0, 0.05) is 92.1 Å². The van der Waals surface area contributed by atoms with Gasteiger partial charge in [-0.2, -0.15) is 0 Å². The minimum absolute atomic E-state index is 0.0152. The minimum atomic E-state index is -4.33. The van der Waals surface area contributed by atoms with Crippen LogP contribution in [0, 0.1) is 0 Å². The van der Waals surface area contributed by atoms with Gasteiger partial charge in [-0.3, -0.25) is 52.2 Å². The Morgan fingerprint density at radius 2 is 0.838 bits per heavy atom. The quantitative estimate of drug-likeness (QED) is 0.0164. The van der Waals surface area contributed by atoms with Gasteiger partial charge in [0.15, 0.2) is 18.9 Å². The van der Waals surface area contributed by atoms with E-state index in [1.807, 2.05) is 0 Å². The number of aryl methyl sites for hydroxylation is 1. The number of nitrogens with one attached hydrogen (secondary N) is 9. The summed E-state index contributed by atoms with van der Waals surface area (Å²) in [6.45, 7) is 4.82. The van der Waals surface area contributed by atoms with Gasteiger partial charge in [0.05, 0.1) is 191 Å².